The number of aryl methyl sites for hydroxylation is 2. The third-order valence-corrected chi connectivity index (χ3v) is 4.73. The molecule has 3 rings (SSSR count). The molecule has 0 spiro atoms. The van der Waals surface area contributed by atoms with Gasteiger partial charge in [-0.25, -0.2) is 4.79 Å². The summed E-state index contributed by atoms with van der Waals surface area (Å²) in [7, 11) is 1.36. The number of hydrogen-bond donors (Lipinski definition) is 1. The predicted octanol–water partition coefficient (Wildman–Crippen LogP) is 1.32. The van der Waals surface area contributed by atoms with Crippen molar-refractivity contribution in [3.63, 3.8) is 0 Å². The van der Waals surface area contributed by atoms with Gasteiger partial charge in [0.05, 0.1) is 0 Å². The van der Waals surface area contributed by atoms with E-state index in [1.54, 1.807) is 0 Å². The summed E-state index contributed by atoms with van der Waals surface area (Å²) in [5.74, 6) is -0.422. The average molecular weight is 371 g/mol. The van der Waals surface area contributed by atoms with E-state index in [-0.39, 0.29) is 6.54 Å². The zero-order chi connectivity index (χ0) is 18.8. The average Bonchev–Trinajstić information content (AvgIpc) is 3.03. The van der Waals surface area contributed by atoms with Gasteiger partial charge in [-0.15, -0.1) is 10.2 Å². The molecule has 0 bridgehead atoms. The van der Waals surface area contributed by atoms with E-state index in [9.17, 15) is 14.4 Å². The van der Waals surface area contributed by atoms with Crippen LogP contribution in [0.1, 0.15) is 11.1 Å². The van der Waals surface area contributed by atoms with E-state index in [0.29, 0.717) is 10.1 Å². The maximum atomic E-state index is 12.2. The fourth-order valence-electron chi connectivity index (χ4n) is 2.49. The lowest BCUT2D eigenvalue weighted by Crippen LogP contribution is -2.38. The second kappa shape index (κ2) is 7.04. The maximum Gasteiger partial charge on any atom is 0.331 e. The number of aromatic nitrogens is 4. The van der Waals surface area contributed by atoms with Gasteiger partial charge in [-0.2, -0.15) is 0 Å². The SMILES string of the molecule is Cc1ccc(-c2nnc(NC(=O)Cn3ccc(=O)n(C)c3=O)s2)c(C)c1. The smallest absolute Gasteiger partial charge is 0.299 e. The number of hydrogen-bond acceptors (Lipinski definition) is 6. The van der Waals surface area contributed by atoms with Gasteiger partial charge in [-0.3, -0.25) is 24.0 Å². The molecule has 134 valence electrons. The van der Waals surface area contributed by atoms with Crippen LogP contribution in [0.3, 0.4) is 0 Å². The summed E-state index contributed by atoms with van der Waals surface area (Å²) in [5, 5.41) is 11.8. The van der Waals surface area contributed by atoms with Crippen LogP contribution in [0, 0.1) is 13.8 Å². The summed E-state index contributed by atoms with van der Waals surface area (Å²) < 4.78 is 2.10. The normalized spacial score (nSPS) is 10.7. The highest BCUT2D eigenvalue weighted by atomic mass is 32.1. The van der Waals surface area contributed by atoms with E-state index < -0.39 is 17.2 Å². The Morgan fingerprint density at radius 3 is 2.69 bits per heavy atom. The Hall–Kier alpha value is -3.07. The minimum absolute atomic E-state index is 0.217. The molecule has 2 heterocycles. The van der Waals surface area contributed by atoms with Crippen molar-refractivity contribution in [2.45, 2.75) is 20.4 Å². The Bertz CT molecular complexity index is 1100. The molecular formula is C17H17N5O3S. The standard InChI is InChI=1S/C17H17N5O3S/c1-10-4-5-12(11(2)8-10)15-19-20-16(26-15)18-13(23)9-22-7-6-14(24)21(3)17(22)25/h4-8H,9H2,1-3H3,(H,18,20,23). The van der Waals surface area contributed by atoms with Crippen LogP contribution in [0.25, 0.3) is 10.6 Å². The maximum absolute atomic E-state index is 12.2. The lowest BCUT2D eigenvalue weighted by molar-refractivity contribution is -0.116. The topological polar surface area (TPSA) is 98.9 Å². The molecule has 3 aromatic rings. The number of nitrogens with zero attached hydrogens (tertiary/aromatic N) is 4. The van der Waals surface area contributed by atoms with E-state index in [0.717, 1.165) is 25.8 Å². The Balaban J connectivity index is 1.75. The predicted molar refractivity (Wildman–Crippen MR) is 99.4 cm³/mol. The van der Waals surface area contributed by atoms with Crippen molar-refractivity contribution >= 4 is 22.4 Å². The second-order valence-electron chi connectivity index (χ2n) is 5.90. The Morgan fingerprint density at radius 1 is 1.19 bits per heavy atom. The van der Waals surface area contributed by atoms with Crippen molar-refractivity contribution in [3.8, 4) is 10.6 Å². The minimum atomic E-state index is -0.555. The molecule has 1 N–H and O–H groups in total. The first kappa shape index (κ1) is 17.7. The van der Waals surface area contributed by atoms with Crippen molar-refractivity contribution < 1.29 is 4.79 Å². The molecule has 0 aliphatic heterocycles. The Morgan fingerprint density at radius 2 is 1.96 bits per heavy atom. The van der Waals surface area contributed by atoms with E-state index in [4.69, 9.17) is 0 Å². The lowest BCUT2D eigenvalue weighted by atomic mass is 10.1. The van der Waals surface area contributed by atoms with Crippen LogP contribution in [0.15, 0.2) is 40.1 Å². The van der Waals surface area contributed by atoms with Gasteiger partial charge in [0.25, 0.3) is 5.56 Å². The highest BCUT2D eigenvalue weighted by Crippen LogP contribution is 2.29. The highest BCUT2D eigenvalue weighted by Gasteiger charge is 2.13. The summed E-state index contributed by atoms with van der Waals surface area (Å²) in [6, 6.07) is 7.26. The second-order valence-corrected chi connectivity index (χ2v) is 6.88. The first-order chi connectivity index (χ1) is 12.3. The van der Waals surface area contributed by atoms with Gasteiger partial charge in [-0.1, -0.05) is 35.1 Å². The number of anilines is 1. The monoisotopic (exact) mass is 371 g/mol. The van der Waals surface area contributed by atoms with Gasteiger partial charge < -0.3 is 0 Å². The molecule has 1 aromatic carbocycles. The molecule has 0 aliphatic rings. The molecule has 0 saturated carbocycles. The molecule has 0 fully saturated rings. The van der Waals surface area contributed by atoms with Crippen molar-refractivity contribution in [2.24, 2.45) is 7.05 Å². The molecule has 1 amide bonds. The molecule has 8 nitrogen and oxygen atoms in total. The van der Waals surface area contributed by atoms with Crippen LogP contribution < -0.4 is 16.6 Å². The van der Waals surface area contributed by atoms with Gasteiger partial charge in [0.2, 0.25) is 11.0 Å². The van der Waals surface area contributed by atoms with Gasteiger partial charge in [-0.05, 0) is 19.4 Å². The minimum Gasteiger partial charge on any atom is -0.299 e. The van der Waals surface area contributed by atoms with Crippen LogP contribution in [-0.4, -0.2) is 25.2 Å². The summed E-state index contributed by atoms with van der Waals surface area (Å²) in [6.45, 7) is 3.80. The molecule has 0 unspecified atom stereocenters. The quantitative estimate of drug-likeness (QED) is 0.746. The third-order valence-electron chi connectivity index (χ3n) is 3.86. The van der Waals surface area contributed by atoms with Crippen LogP contribution in [0.2, 0.25) is 0 Å². The van der Waals surface area contributed by atoms with Crippen molar-refractivity contribution in [3.05, 3.63) is 62.4 Å². The molecular weight excluding hydrogens is 354 g/mol. The zero-order valence-corrected chi connectivity index (χ0v) is 15.3. The molecule has 9 heteroatoms. The number of amides is 1. The van der Waals surface area contributed by atoms with Gasteiger partial charge >= 0.3 is 5.69 Å². The zero-order valence-electron chi connectivity index (χ0n) is 14.5. The van der Waals surface area contributed by atoms with Gasteiger partial charge in [0.15, 0.2) is 0 Å². The Kier molecular flexibility index (Phi) is 4.81. The van der Waals surface area contributed by atoms with Crippen molar-refractivity contribution in [1.82, 2.24) is 19.3 Å². The van der Waals surface area contributed by atoms with Crippen LogP contribution in [0.5, 0.6) is 0 Å². The van der Waals surface area contributed by atoms with Crippen LogP contribution in [0.4, 0.5) is 5.13 Å². The first-order valence-electron chi connectivity index (χ1n) is 7.82. The van der Waals surface area contributed by atoms with E-state index in [1.807, 2.05) is 26.0 Å². The number of rotatable bonds is 4. The van der Waals surface area contributed by atoms with E-state index >= 15 is 0 Å². The fourth-order valence-corrected chi connectivity index (χ4v) is 3.34. The largest absolute Gasteiger partial charge is 0.331 e. The number of carbonyl (C=O) groups is 1. The summed E-state index contributed by atoms with van der Waals surface area (Å²) in [4.78, 5) is 35.5. The lowest BCUT2D eigenvalue weighted by Gasteiger charge is -2.06. The van der Waals surface area contributed by atoms with Crippen LogP contribution in [-0.2, 0) is 18.4 Å². The van der Waals surface area contributed by atoms with E-state index in [1.165, 1.54) is 30.6 Å². The van der Waals surface area contributed by atoms with E-state index in [2.05, 4.69) is 21.6 Å². The summed E-state index contributed by atoms with van der Waals surface area (Å²) >= 11 is 1.26. The first-order valence-corrected chi connectivity index (χ1v) is 8.64. The molecule has 0 atom stereocenters. The fraction of sp³-hybridized carbons (Fsp3) is 0.235. The summed E-state index contributed by atoms with van der Waals surface area (Å²) in [6.07, 6.45) is 1.30. The molecule has 0 aliphatic carbocycles. The number of carbonyl (C=O) groups excluding carboxylic acids is 1. The molecule has 26 heavy (non-hydrogen) atoms. The van der Waals surface area contributed by atoms with Gasteiger partial charge in [0, 0.05) is 24.9 Å². The molecule has 0 saturated heterocycles. The number of benzene rings is 1. The third kappa shape index (κ3) is 3.62. The number of nitrogens with one attached hydrogen (secondary N) is 1. The van der Waals surface area contributed by atoms with Gasteiger partial charge in [0.1, 0.15) is 11.6 Å². The molecule has 2 aromatic heterocycles. The van der Waals surface area contributed by atoms with Crippen molar-refractivity contribution in [1.29, 1.82) is 0 Å². The van der Waals surface area contributed by atoms with Crippen molar-refractivity contribution in [2.75, 3.05) is 5.32 Å². The molecule has 0 radical (unpaired) electrons. The summed E-state index contributed by atoms with van der Waals surface area (Å²) in [5.41, 5.74) is 2.22. The highest BCUT2D eigenvalue weighted by molar-refractivity contribution is 7.18. The van der Waals surface area contributed by atoms with Crippen LogP contribution >= 0.6 is 11.3 Å². The Labute approximate surface area is 152 Å².